The van der Waals surface area contributed by atoms with Gasteiger partial charge >= 0.3 is 0 Å². The van der Waals surface area contributed by atoms with E-state index in [2.05, 4.69) is 10.4 Å². The lowest BCUT2D eigenvalue weighted by atomic mass is 9.74. The highest BCUT2D eigenvalue weighted by Gasteiger charge is 2.41. The van der Waals surface area contributed by atoms with Crippen LogP contribution < -0.4 is 10.9 Å². The Morgan fingerprint density at radius 1 is 0.971 bits per heavy atom. The summed E-state index contributed by atoms with van der Waals surface area (Å²) in [6, 6.07) is 19.4. The van der Waals surface area contributed by atoms with Crippen molar-refractivity contribution in [3.8, 4) is 5.69 Å². The number of carbonyl (C=O) groups excluding carboxylic acids is 1. The van der Waals surface area contributed by atoms with Crippen LogP contribution in [0.4, 0.5) is 11.5 Å². The van der Waals surface area contributed by atoms with Crippen molar-refractivity contribution in [2.45, 2.75) is 24.7 Å². The fourth-order valence-electron chi connectivity index (χ4n) is 5.10. The van der Waals surface area contributed by atoms with Crippen LogP contribution in [0.3, 0.4) is 0 Å². The lowest BCUT2D eigenvalue weighted by Gasteiger charge is -2.34. The average Bonchev–Trinajstić information content (AvgIpc) is 3.52. The Kier molecular flexibility index (Phi) is 5.00. The van der Waals surface area contributed by atoms with Crippen LogP contribution in [0.15, 0.2) is 88.2 Å². The monoisotopic (exact) mass is 484 g/mol. The summed E-state index contributed by atoms with van der Waals surface area (Å²) in [5.74, 6) is -0.0260. The molecule has 8 nitrogen and oxygen atoms in total. The summed E-state index contributed by atoms with van der Waals surface area (Å²) in [5, 5.41) is 19.8. The summed E-state index contributed by atoms with van der Waals surface area (Å²) in [6.45, 7) is 0. The van der Waals surface area contributed by atoms with Gasteiger partial charge in [-0.2, -0.15) is 0 Å². The number of thiophene rings is 1. The van der Waals surface area contributed by atoms with Gasteiger partial charge in [0, 0.05) is 46.5 Å². The molecule has 1 aliphatic heterocycles. The number of carbonyl (C=O) groups is 1. The predicted molar refractivity (Wildman–Crippen MR) is 133 cm³/mol. The normalized spacial score (nSPS) is 19.1. The number of nitrogens with one attached hydrogen (secondary N) is 2. The number of nitrogens with zero attached hydrogens (tertiary/aromatic N) is 2. The number of hydrogen-bond acceptors (Lipinski definition) is 6. The SMILES string of the molecule is O=C1C[C@@H](c2cccs2)CC2=C1[C@H](c1ccc([N+](=O)[O-])cc1)c1c([nH]n(-c3ccccc3)c1=O)N2. The minimum Gasteiger partial charge on any atom is -0.343 e. The third-order valence-electron chi connectivity index (χ3n) is 6.68. The molecule has 1 aliphatic carbocycles. The highest BCUT2D eigenvalue weighted by molar-refractivity contribution is 7.10. The van der Waals surface area contributed by atoms with E-state index in [1.165, 1.54) is 16.8 Å². The molecular formula is C26H20N4O4S. The molecule has 2 N–H and O–H groups in total. The second-order valence-corrected chi connectivity index (χ2v) is 9.70. The number of ketones is 1. The number of H-pyrrole nitrogens is 1. The van der Waals surface area contributed by atoms with Crippen molar-refractivity contribution >= 4 is 28.6 Å². The summed E-state index contributed by atoms with van der Waals surface area (Å²) in [7, 11) is 0. The number of aromatic amines is 1. The van der Waals surface area contributed by atoms with Crippen LogP contribution in [0, 0.1) is 10.1 Å². The zero-order valence-electron chi connectivity index (χ0n) is 18.4. The molecule has 0 fully saturated rings. The summed E-state index contributed by atoms with van der Waals surface area (Å²) in [4.78, 5) is 39.1. The molecule has 2 aliphatic rings. The van der Waals surface area contributed by atoms with Crippen LogP contribution >= 0.6 is 11.3 Å². The number of non-ortho nitro benzene ring substituents is 1. The smallest absolute Gasteiger partial charge is 0.277 e. The third-order valence-corrected chi connectivity index (χ3v) is 7.72. The molecule has 0 amide bonds. The van der Waals surface area contributed by atoms with E-state index < -0.39 is 10.8 Å². The molecule has 0 radical (unpaired) electrons. The maximum Gasteiger partial charge on any atom is 0.277 e. The van der Waals surface area contributed by atoms with E-state index in [4.69, 9.17) is 0 Å². The van der Waals surface area contributed by atoms with E-state index in [0.717, 1.165) is 10.6 Å². The fourth-order valence-corrected chi connectivity index (χ4v) is 5.93. The summed E-state index contributed by atoms with van der Waals surface area (Å²) >= 11 is 1.63. The van der Waals surface area contributed by atoms with Gasteiger partial charge in [-0.05, 0) is 35.6 Å². The molecule has 0 unspecified atom stereocenters. The number of nitro benzene ring substituents is 1. The van der Waals surface area contributed by atoms with E-state index in [0.29, 0.717) is 41.0 Å². The molecule has 9 heteroatoms. The molecule has 6 rings (SSSR count). The molecule has 4 aromatic rings. The minimum atomic E-state index is -0.618. The molecule has 174 valence electrons. The van der Waals surface area contributed by atoms with Gasteiger partial charge in [0.2, 0.25) is 0 Å². The summed E-state index contributed by atoms with van der Waals surface area (Å²) in [6.07, 6.45) is 1.00. The topological polar surface area (TPSA) is 110 Å². The summed E-state index contributed by atoms with van der Waals surface area (Å²) in [5.41, 5.74) is 2.83. The molecular weight excluding hydrogens is 464 g/mol. The molecule has 2 atom stereocenters. The van der Waals surface area contributed by atoms with Gasteiger partial charge < -0.3 is 5.32 Å². The quantitative estimate of drug-likeness (QED) is 0.310. The molecule has 35 heavy (non-hydrogen) atoms. The van der Waals surface area contributed by atoms with E-state index in [-0.39, 0.29) is 22.9 Å². The van der Waals surface area contributed by atoms with Crippen molar-refractivity contribution in [1.29, 1.82) is 0 Å². The van der Waals surface area contributed by atoms with Crippen LogP contribution in [-0.4, -0.2) is 20.5 Å². The molecule has 0 saturated carbocycles. The second-order valence-electron chi connectivity index (χ2n) is 8.72. The first-order chi connectivity index (χ1) is 17.0. The molecule has 0 bridgehead atoms. The Hall–Kier alpha value is -4.24. The number of allylic oxidation sites excluding steroid dienone is 2. The average molecular weight is 485 g/mol. The lowest BCUT2D eigenvalue weighted by Crippen LogP contribution is -2.31. The standard InChI is InChI=1S/C26H20N4O4S/c31-20-14-16(21-7-4-12-35-21)13-19-23(20)22(15-8-10-18(11-9-15)30(33)34)24-25(27-19)28-29(26(24)32)17-5-2-1-3-6-17/h1-12,16,22,27-28H,13-14H2/t16-,22-/m0/s1. The van der Waals surface area contributed by atoms with Gasteiger partial charge in [0.25, 0.3) is 11.2 Å². The zero-order valence-corrected chi connectivity index (χ0v) is 19.2. The number of nitro groups is 1. The predicted octanol–water partition coefficient (Wildman–Crippen LogP) is 5.09. The van der Waals surface area contributed by atoms with E-state index in [1.807, 2.05) is 47.8 Å². The zero-order chi connectivity index (χ0) is 24.1. The first-order valence-corrected chi connectivity index (χ1v) is 12.1. The number of benzene rings is 2. The maximum absolute atomic E-state index is 13.7. The number of rotatable bonds is 4. The van der Waals surface area contributed by atoms with Crippen LogP contribution in [0.1, 0.15) is 40.7 Å². The van der Waals surface area contributed by atoms with Gasteiger partial charge in [0.15, 0.2) is 5.78 Å². The molecule has 0 spiro atoms. The van der Waals surface area contributed by atoms with Crippen molar-refractivity contribution in [3.63, 3.8) is 0 Å². The molecule has 0 saturated heterocycles. The Labute approximate surface area is 203 Å². The molecule has 2 aromatic heterocycles. The van der Waals surface area contributed by atoms with Crippen LogP contribution in [0.25, 0.3) is 5.69 Å². The van der Waals surface area contributed by atoms with E-state index in [9.17, 15) is 19.7 Å². The van der Waals surface area contributed by atoms with Crippen LogP contribution in [-0.2, 0) is 4.79 Å². The fraction of sp³-hybridized carbons (Fsp3) is 0.154. The van der Waals surface area contributed by atoms with E-state index in [1.54, 1.807) is 23.5 Å². The Morgan fingerprint density at radius 3 is 2.43 bits per heavy atom. The number of aromatic nitrogens is 2. The first-order valence-electron chi connectivity index (χ1n) is 11.2. The van der Waals surface area contributed by atoms with Crippen molar-refractivity contribution < 1.29 is 9.72 Å². The summed E-state index contributed by atoms with van der Waals surface area (Å²) < 4.78 is 1.47. The Bertz CT molecular complexity index is 1530. The lowest BCUT2D eigenvalue weighted by molar-refractivity contribution is -0.384. The number of Topliss-reactive ketones (excluding diaryl/α,β-unsaturated/α-hetero) is 1. The number of anilines is 1. The number of hydrogen-bond donors (Lipinski definition) is 2. The highest BCUT2D eigenvalue weighted by atomic mass is 32.1. The van der Waals surface area contributed by atoms with Gasteiger partial charge in [-0.25, -0.2) is 4.68 Å². The second kappa shape index (κ2) is 8.21. The molecule has 2 aromatic carbocycles. The van der Waals surface area contributed by atoms with Crippen molar-refractivity contribution in [2.75, 3.05) is 5.32 Å². The van der Waals surface area contributed by atoms with Gasteiger partial charge in [0.05, 0.1) is 16.2 Å². The molecule has 3 heterocycles. The van der Waals surface area contributed by atoms with Gasteiger partial charge in [-0.1, -0.05) is 36.4 Å². The van der Waals surface area contributed by atoms with Crippen LogP contribution in [0.2, 0.25) is 0 Å². The Balaban J connectivity index is 1.52. The highest BCUT2D eigenvalue weighted by Crippen LogP contribution is 2.47. The van der Waals surface area contributed by atoms with Crippen molar-refractivity contribution in [1.82, 2.24) is 9.78 Å². The van der Waals surface area contributed by atoms with Gasteiger partial charge in [0.1, 0.15) is 5.82 Å². The first kappa shape index (κ1) is 21.3. The minimum absolute atomic E-state index is 0.0157. The maximum atomic E-state index is 13.7. The number of fused-ring (bicyclic) bond motifs is 1. The van der Waals surface area contributed by atoms with E-state index >= 15 is 0 Å². The number of para-hydroxylation sites is 1. The van der Waals surface area contributed by atoms with Crippen molar-refractivity contribution in [2.24, 2.45) is 0 Å². The van der Waals surface area contributed by atoms with Crippen molar-refractivity contribution in [3.05, 3.63) is 120 Å². The van der Waals surface area contributed by atoms with Gasteiger partial charge in [-0.15, -0.1) is 11.3 Å². The largest absolute Gasteiger partial charge is 0.343 e. The Morgan fingerprint density at radius 2 is 1.74 bits per heavy atom. The third kappa shape index (κ3) is 3.52. The van der Waals surface area contributed by atoms with Crippen LogP contribution in [0.5, 0.6) is 0 Å². The van der Waals surface area contributed by atoms with Gasteiger partial charge in [-0.3, -0.25) is 24.8 Å².